The Hall–Kier alpha value is -0.340. The summed E-state index contributed by atoms with van der Waals surface area (Å²) in [5.41, 5.74) is 0. The molecular weight excluding hydrogens is 232 g/mol. The molecular formula is C14H22S2. The molecule has 0 nitrogen and oxygen atoms in total. The third kappa shape index (κ3) is 3.91. The van der Waals surface area contributed by atoms with Gasteiger partial charge in [0.2, 0.25) is 0 Å². The molecule has 2 heterocycles. The molecule has 16 heavy (non-hydrogen) atoms. The smallest absolute Gasteiger partial charge is 0.0452 e. The van der Waals surface area contributed by atoms with E-state index in [9.17, 15) is 0 Å². The SMILES string of the molecule is CC.CCCCCCc1cc2cscc2s1. The van der Waals surface area contributed by atoms with E-state index >= 15 is 0 Å². The first-order valence-electron chi connectivity index (χ1n) is 6.35. The Morgan fingerprint density at radius 3 is 2.56 bits per heavy atom. The minimum Gasteiger partial charge on any atom is -0.150 e. The lowest BCUT2D eigenvalue weighted by atomic mass is 10.1. The lowest BCUT2D eigenvalue weighted by molar-refractivity contribution is 0.670. The van der Waals surface area contributed by atoms with Crippen LogP contribution < -0.4 is 0 Å². The molecule has 0 saturated carbocycles. The van der Waals surface area contributed by atoms with E-state index in [1.165, 1.54) is 42.2 Å². The molecule has 2 aromatic rings. The van der Waals surface area contributed by atoms with Crippen LogP contribution in [0.3, 0.4) is 0 Å². The van der Waals surface area contributed by atoms with Crippen molar-refractivity contribution in [1.29, 1.82) is 0 Å². The van der Waals surface area contributed by atoms with Crippen molar-refractivity contribution in [2.75, 3.05) is 0 Å². The van der Waals surface area contributed by atoms with Gasteiger partial charge in [-0.3, -0.25) is 0 Å². The fraction of sp³-hybridized carbons (Fsp3) is 0.571. The molecule has 0 radical (unpaired) electrons. The summed E-state index contributed by atoms with van der Waals surface area (Å²) in [7, 11) is 0. The minimum atomic E-state index is 1.28. The maximum Gasteiger partial charge on any atom is 0.0452 e. The van der Waals surface area contributed by atoms with Crippen molar-refractivity contribution >= 4 is 32.8 Å². The first-order chi connectivity index (χ1) is 7.90. The molecule has 90 valence electrons. The quantitative estimate of drug-likeness (QED) is 0.564. The van der Waals surface area contributed by atoms with Crippen LogP contribution in [0.1, 0.15) is 51.3 Å². The molecule has 0 bridgehead atoms. The number of aryl methyl sites for hydroxylation is 1. The molecule has 0 fully saturated rings. The summed E-state index contributed by atoms with van der Waals surface area (Å²) in [6.07, 6.45) is 6.75. The summed E-state index contributed by atoms with van der Waals surface area (Å²) in [6, 6.07) is 2.36. The zero-order valence-electron chi connectivity index (χ0n) is 10.6. The predicted molar refractivity (Wildman–Crippen MR) is 78.9 cm³/mol. The van der Waals surface area contributed by atoms with Crippen LogP contribution in [0, 0.1) is 0 Å². The predicted octanol–water partition coefficient (Wildman–Crippen LogP) is 6.11. The molecule has 0 saturated heterocycles. The lowest BCUT2D eigenvalue weighted by Gasteiger charge is -1.96. The Morgan fingerprint density at radius 1 is 1.06 bits per heavy atom. The number of fused-ring (bicyclic) bond motifs is 1. The first kappa shape index (κ1) is 13.7. The molecule has 0 aliphatic heterocycles. The van der Waals surface area contributed by atoms with E-state index in [0.717, 1.165) is 0 Å². The van der Waals surface area contributed by atoms with Gasteiger partial charge < -0.3 is 0 Å². The highest BCUT2D eigenvalue weighted by atomic mass is 32.1. The standard InChI is InChI=1S/C12H16S2.C2H6/c1-2-3-4-5-6-11-7-10-8-13-9-12(10)14-11;1-2/h7-9H,2-6H2,1H3;1-2H3. The Labute approximate surface area is 107 Å². The van der Waals surface area contributed by atoms with E-state index in [-0.39, 0.29) is 0 Å². The second kappa shape index (κ2) is 7.86. The third-order valence-electron chi connectivity index (χ3n) is 2.49. The lowest BCUT2D eigenvalue weighted by Crippen LogP contribution is -1.80. The molecule has 0 aliphatic rings. The topological polar surface area (TPSA) is 0 Å². The Balaban J connectivity index is 0.000000606. The van der Waals surface area contributed by atoms with Crippen molar-refractivity contribution in [1.82, 2.24) is 0 Å². The minimum absolute atomic E-state index is 1.28. The van der Waals surface area contributed by atoms with Crippen molar-refractivity contribution in [3.8, 4) is 0 Å². The number of unbranched alkanes of at least 4 members (excludes halogenated alkanes) is 3. The van der Waals surface area contributed by atoms with E-state index in [2.05, 4.69) is 23.8 Å². The summed E-state index contributed by atoms with van der Waals surface area (Å²) in [5, 5.41) is 5.96. The monoisotopic (exact) mass is 254 g/mol. The van der Waals surface area contributed by atoms with Gasteiger partial charge in [0.05, 0.1) is 0 Å². The van der Waals surface area contributed by atoms with Gasteiger partial charge in [-0.15, -0.1) is 11.3 Å². The second-order valence-electron chi connectivity index (χ2n) is 3.71. The largest absolute Gasteiger partial charge is 0.150 e. The van der Waals surface area contributed by atoms with Gasteiger partial charge in [-0.05, 0) is 24.3 Å². The van der Waals surface area contributed by atoms with Crippen molar-refractivity contribution in [3.63, 3.8) is 0 Å². The number of hydrogen-bond donors (Lipinski definition) is 0. The molecule has 2 aromatic heterocycles. The summed E-state index contributed by atoms with van der Waals surface area (Å²) in [5.74, 6) is 0. The zero-order chi connectivity index (χ0) is 11.8. The van der Waals surface area contributed by atoms with Gasteiger partial charge in [-0.2, -0.15) is 11.3 Å². The van der Waals surface area contributed by atoms with Crippen LogP contribution in [-0.2, 0) is 6.42 Å². The number of rotatable bonds is 5. The third-order valence-corrected chi connectivity index (χ3v) is 4.56. The Bertz CT molecular complexity index is 355. The average molecular weight is 254 g/mol. The molecule has 2 heteroatoms. The number of hydrogen-bond acceptors (Lipinski definition) is 2. The van der Waals surface area contributed by atoms with Crippen molar-refractivity contribution in [2.24, 2.45) is 0 Å². The van der Waals surface area contributed by atoms with Gasteiger partial charge in [0.1, 0.15) is 0 Å². The van der Waals surface area contributed by atoms with Crippen LogP contribution in [0.2, 0.25) is 0 Å². The Kier molecular flexibility index (Phi) is 6.74. The van der Waals surface area contributed by atoms with Crippen molar-refractivity contribution in [2.45, 2.75) is 52.9 Å². The molecule has 0 amide bonds. The van der Waals surface area contributed by atoms with Crippen LogP contribution in [0.5, 0.6) is 0 Å². The van der Waals surface area contributed by atoms with Crippen molar-refractivity contribution < 1.29 is 0 Å². The molecule has 0 atom stereocenters. The van der Waals surface area contributed by atoms with Crippen molar-refractivity contribution in [3.05, 3.63) is 21.7 Å². The molecule has 0 unspecified atom stereocenters. The fourth-order valence-corrected chi connectivity index (χ4v) is 3.73. The highest BCUT2D eigenvalue weighted by Crippen LogP contribution is 2.29. The average Bonchev–Trinajstić information content (AvgIpc) is 2.87. The van der Waals surface area contributed by atoms with Gasteiger partial charge in [-0.25, -0.2) is 0 Å². The normalized spacial score (nSPS) is 10.2. The molecule has 0 N–H and O–H groups in total. The second-order valence-corrected chi connectivity index (χ2v) is 5.63. The highest BCUT2D eigenvalue weighted by molar-refractivity contribution is 7.22. The van der Waals surface area contributed by atoms with Crippen LogP contribution in [0.4, 0.5) is 0 Å². The fourth-order valence-electron chi connectivity index (χ4n) is 1.68. The van der Waals surface area contributed by atoms with Crippen LogP contribution in [0.15, 0.2) is 16.8 Å². The van der Waals surface area contributed by atoms with Gasteiger partial charge in [0.25, 0.3) is 0 Å². The summed E-state index contributed by atoms with van der Waals surface area (Å²) < 4.78 is 1.47. The van der Waals surface area contributed by atoms with E-state index in [0.29, 0.717) is 0 Å². The van der Waals surface area contributed by atoms with Crippen LogP contribution in [-0.4, -0.2) is 0 Å². The van der Waals surface area contributed by atoms with Crippen LogP contribution >= 0.6 is 22.7 Å². The summed E-state index contributed by atoms with van der Waals surface area (Å²) in [4.78, 5) is 1.57. The maximum absolute atomic E-state index is 2.36. The van der Waals surface area contributed by atoms with E-state index < -0.39 is 0 Å². The van der Waals surface area contributed by atoms with Gasteiger partial charge in [0.15, 0.2) is 0 Å². The van der Waals surface area contributed by atoms with Gasteiger partial charge in [0, 0.05) is 20.3 Å². The molecule has 0 aliphatic carbocycles. The van der Waals surface area contributed by atoms with E-state index in [1.807, 2.05) is 36.5 Å². The molecule has 0 aromatic carbocycles. The van der Waals surface area contributed by atoms with E-state index in [4.69, 9.17) is 0 Å². The maximum atomic E-state index is 2.36. The van der Waals surface area contributed by atoms with Crippen LogP contribution in [0.25, 0.3) is 10.1 Å². The molecule has 0 spiro atoms. The zero-order valence-corrected chi connectivity index (χ0v) is 12.2. The molecule has 2 rings (SSSR count). The Morgan fingerprint density at radius 2 is 1.88 bits per heavy atom. The van der Waals surface area contributed by atoms with Gasteiger partial charge >= 0.3 is 0 Å². The van der Waals surface area contributed by atoms with Gasteiger partial charge in [-0.1, -0.05) is 40.0 Å². The summed E-state index contributed by atoms with van der Waals surface area (Å²) in [6.45, 7) is 6.26. The van der Waals surface area contributed by atoms with E-state index in [1.54, 1.807) is 4.88 Å². The summed E-state index contributed by atoms with van der Waals surface area (Å²) >= 11 is 3.78. The number of thiophene rings is 2. The first-order valence-corrected chi connectivity index (χ1v) is 8.10. The highest BCUT2D eigenvalue weighted by Gasteiger charge is 2.01.